The van der Waals surface area contributed by atoms with Crippen molar-refractivity contribution in [2.45, 2.75) is 6.10 Å². The molecule has 0 saturated carbocycles. The van der Waals surface area contributed by atoms with Gasteiger partial charge in [-0.2, -0.15) is 0 Å². The summed E-state index contributed by atoms with van der Waals surface area (Å²) >= 11 is 0. The van der Waals surface area contributed by atoms with Gasteiger partial charge in [0.15, 0.2) is 0 Å². The van der Waals surface area contributed by atoms with Crippen molar-refractivity contribution < 1.29 is 28.8 Å². The van der Waals surface area contributed by atoms with Crippen LogP contribution in [-0.2, 0) is 0 Å². The van der Waals surface area contributed by atoms with Gasteiger partial charge >= 0.3 is 0 Å². The van der Waals surface area contributed by atoms with Gasteiger partial charge in [0.05, 0.1) is 27.9 Å². The molecular weight excluding hydrogens is 410 g/mol. The highest BCUT2D eigenvalue weighted by atomic mass is 16.5. The highest BCUT2D eigenvalue weighted by Gasteiger charge is 2.22. The number of carbonyl (C=O) groups excluding carboxylic acids is 1. The number of ether oxygens (including phenoxy) is 4. The fourth-order valence-electron chi connectivity index (χ4n) is 3.08. The fraction of sp³-hybridized carbons (Fsp3) is 0.240. The molecule has 0 radical (unpaired) electrons. The lowest BCUT2D eigenvalue weighted by Crippen LogP contribution is -2.40. The summed E-state index contributed by atoms with van der Waals surface area (Å²) in [5.74, 6) is 2.40. The first-order valence-corrected chi connectivity index (χ1v) is 10.1. The van der Waals surface area contributed by atoms with E-state index in [1.807, 2.05) is 0 Å². The first-order chi connectivity index (χ1) is 15.5. The summed E-state index contributed by atoms with van der Waals surface area (Å²) in [5, 5.41) is 10.6. The molecule has 0 aromatic heterocycles. The van der Waals surface area contributed by atoms with Gasteiger partial charge in [-0.05, 0) is 72.8 Å². The van der Waals surface area contributed by atoms with Crippen LogP contribution < -0.4 is 23.8 Å². The number of hydrogen-bond donors (Lipinski definition) is 1. The molecule has 0 bridgehead atoms. The molecule has 0 heterocycles. The molecule has 0 saturated heterocycles. The van der Waals surface area contributed by atoms with Crippen molar-refractivity contribution in [1.82, 2.24) is 0 Å². The Labute approximate surface area is 187 Å². The maximum atomic E-state index is 13.3. The summed E-state index contributed by atoms with van der Waals surface area (Å²) in [6, 6.07) is 21.0. The molecule has 0 fully saturated rings. The highest BCUT2D eigenvalue weighted by molar-refractivity contribution is 6.06. The zero-order valence-electron chi connectivity index (χ0n) is 18.4. The number of hydrogen-bond acceptors (Lipinski definition) is 6. The first kappa shape index (κ1) is 23.0. The van der Waals surface area contributed by atoms with E-state index >= 15 is 0 Å². The third kappa shape index (κ3) is 5.92. The molecule has 0 aliphatic heterocycles. The Morgan fingerprint density at radius 3 is 1.69 bits per heavy atom. The predicted molar refractivity (Wildman–Crippen MR) is 122 cm³/mol. The number of nitrogens with zero attached hydrogens (tertiary/aromatic N) is 1. The smallest absolute Gasteiger partial charge is 0.258 e. The number of anilines is 1. The van der Waals surface area contributed by atoms with Crippen molar-refractivity contribution in [3.63, 3.8) is 0 Å². The average molecular weight is 437 g/mol. The molecule has 0 aliphatic rings. The molecular formula is C25H27NO6. The van der Waals surface area contributed by atoms with Gasteiger partial charge in [0, 0.05) is 11.3 Å². The fourth-order valence-corrected chi connectivity index (χ4v) is 3.08. The Morgan fingerprint density at radius 2 is 1.19 bits per heavy atom. The second kappa shape index (κ2) is 11.1. The normalized spacial score (nSPS) is 11.4. The van der Waals surface area contributed by atoms with E-state index in [9.17, 15) is 9.90 Å². The van der Waals surface area contributed by atoms with Crippen LogP contribution in [0.1, 0.15) is 10.4 Å². The van der Waals surface area contributed by atoms with Crippen LogP contribution in [0.5, 0.6) is 23.0 Å². The Bertz CT molecular complexity index is 986. The zero-order chi connectivity index (χ0) is 22.9. The number of aliphatic hydroxyl groups is 1. The van der Waals surface area contributed by atoms with Gasteiger partial charge < -0.3 is 29.0 Å². The summed E-state index contributed by atoms with van der Waals surface area (Å²) in [4.78, 5) is 14.8. The van der Waals surface area contributed by atoms with Gasteiger partial charge in [-0.1, -0.05) is 0 Å². The van der Waals surface area contributed by atoms with Crippen molar-refractivity contribution in [3.8, 4) is 23.0 Å². The number of rotatable bonds is 10. The van der Waals surface area contributed by atoms with Crippen LogP contribution in [0.4, 0.5) is 5.69 Å². The molecule has 0 aliphatic carbocycles. The summed E-state index contributed by atoms with van der Waals surface area (Å²) in [6.45, 7) is 0.0716. The van der Waals surface area contributed by atoms with Crippen LogP contribution in [0.2, 0.25) is 0 Å². The Balaban J connectivity index is 1.75. The highest BCUT2D eigenvalue weighted by Crippen LogP contribution is 2.23. The Kier molecular flexibility index (Phi) is 7.94. The zero-order valence-corrected chi connectivity index (χ0v) is 18.4. The molecule has 7 nitrogen and oxygen atoms in total. The minimum Gasteiger partial charge on any atom is -0.497 e. The third-order valence-corrected chi connectivity index (χ3v) is 4.86. The van der Waals surface area contributed by atoms with E-state index in [1.54, 1.807) is 94.1 Å². The minimum absolute atomic E-state index is 0.0227. The molecule has 3 aromatic rings. The molecule has 3 aromatic carbocycles. The Hall–Kier alpha value is -3.71. The molecule has 1 amide bonds. The lowest BCUT2D eigenvalue weighted by molar-refractivity contribution is 0.0906. The number of carbonyl (C=O) groups is 1. The van der Waals surface area contributed by atoms with Crippen molar-refractivity contribution in [3.05, 3.63) is 78.4 Å². The molecule has 0 unspecified atom stereocenters. The second-order valence-corrected chi connectivity index (χ2v) is 6.98. The van der Waals surface area contributed by atoms with Crippen LogP contribution in [0.3, 0.4) is 0 Å². The van der Waals surface area contributed by atoms with Crippen LogP contribution in [0.25, 0.3) is 0 Å². The van der Waals surface area contributed by atoms with Crippen molar-refractivity contribution in [2.24, 2.45) is 0 Å². The molecule has 168 valence electrons. The number of amides is 1. The Morgan fingerprint density at radius 1 is 0.750 bits per heavy atom. The summed E-state index contributed by atoms with van der Waals surface area (Å²) < 4.78 is 21.2. The quantitative estimate of drug-likeness (QED) is 0.520. The molecule has 7 heteroatoms. The SMILES string of the molecule is COc1ccc(OC[C@H](O)CN(C(=O)c2ccc(OC)cc2)c2ccc(OC)cc2)cc1. The number of benzene rings is 3. The van der Waals surface area contributed by atoms with Crippen LogP contribution in [-0.4, -0.2) is 51.6 Å². The standard InChI is InChI=1S/C25H27NO6/c1-29-21-8-4-18(5-9-21)25(28)26(19-6-10-22(30-2)11-7-19)16-20(27)17-32-24-14-12-23(31-3)13-15-24/h4-15,20,27H,16-17H2,1-3H3/t20-/m1/s1. The summed E-state index contributed by atoms with van der Waals surface area (Å²) in [5.41, 5.74) is 1.11. The van der Waals surface area contributed by atoms with Crippen molar-refractivity contribution in [1.29, 1.82) is 0 Å². The average Bonchev–Trinajstić information content (AvgIpc) is 2.86. The number of methoxy groups -OCH3 is 3. The van der Waals surface area contributed by atoms with E-state index in [4.69, 9.17) is 18.9 Å². The number of aliphatic hydroxyl groups excluding tert-OH is 1. The first-order valence-electron chi connectivity index (χ1n) is 10.1. The molecule has 32 heavy (non-hydrogen) atoms. The van der Waals surface area contributed by atoms with E-state index < -0.39 is 6.10 Å². The maximum absolute atomic E-state index is 13.3. The van der Waals surface area contributed by atoms with E-state index in [-0.39, 0.29) is 19.1 Å². The van der Waals surface area contributed by atoms with Gasteiger partial charge in [-0.3, -0.25) is 4.79 Å². The summed E-state index contributed by atoms with van der Waals surface area (Å²) in [7, 11) is 4.74. The van der Waals surface area contributed by atoms with Gasteiger partial charge in [0.2, 0.25) is 0 Å². The molecule has 0 spiro atoms. The van der Waals surface area contributed by atoms with E-state index in [0.717, 1.165) is 0 Å². The van der Waals surface area contributed by atoms with Gasteiger partial charge in [-0.25, -0.2) is 0 Å². The van der Waals surface area contributed by atoms with Gasteiger partial charge in [0.25, 0.3) is 5.91 Å². The third-order valence-electron chi connectivity index (χ3n) is 4.86. The molecule has 3 rings (SSSR count). The topological polar surface area (TPSA) is 77.5 Å². The van der Waals surface area contributed by atoms with Gasteiger partial charge in [-0.15, -0.1) is 0 Å². The minimum atomic E-state index is -0.915. The van der Waals surface area contributed by atoms with Crippen molar-refractivity contribution in [2.75, 3.05) is 39.4 Å². The predicted octanol–water partition coefficient (Wildman–Crippen LogP) is 3.80. The van der Waals surface area contributed by atoms with Crippen LogP contribution >= 0.6 is 0 Å². The van der Waals surface area contributed by atoms with Crippen LogP contribution in [0.15, 0.2) is 72.8 Å². The lowest BCUT2D eigenvalue weighted by atomic mass is 10.1. The molecule has 1 N–H and O–H groups in total. The van der Waals surface area contributed by atoms with Crippen LogP contribution in [0, 0.1) is 0 Å². The lowest BCUT2D eigenvalue weighted by Gasteiger charge is -2.26. The van der Waals surface area contributed by atoms with E-state index in [2.05, 4.69) is 0 Å². The maximum Gasteiger partial charge on any atom is 0.258 e. The molecule has 1 atom stereocenters. The summed E-state index contributed by atoms with van der Waals surface area (Å²) in [6.07, 6.45) is -0.915. The van der Waals surface area contributed by atoms with E-state index in [1.165, 1.54) is 4.90 Å². The largest absolute Gasteiger partial charge is 0.497 e. The van der Waals surface area contributed by atoms with Crippen molar-refractivity contribution >= 4 is 11.6 Å². The van der Waals surface area contributed by atoms with Gasteiger partial charge in [0.1, 0.15) is 35.7 Å². The monoisotopic (exact) mass is 437 g/mol. The van der Waals surface area contributed by atoms with E-state index in [0.29, 0.717) is 34.2 Å². The second-order valence-electron chi connectivity index (χ2n) is 6.98.